The first kappa shape index (κ1) is 14.3. The third-order valence-electron chi connectivity index (χ3n) is 2.12. The van der Waals surface area contributed by atoms with Gasteiger partial charge in [-0.25, -0.2) is 0 Å². The lowest BCUT2D eigenvalue weighted by Crippen LogP contribution is -2.00. The number of hydrogen-bond donors (Lipinski definition) is 0. The molecule has 0 fully saturated rings. The van der Waals surface area contributed by atoms with Crippen LogP contribution in [0.1, 0.15) is 18.4 Å². The Morgan fingerprint density at radius 3 is 2.76 bits per heavy atom. The molecule has 0 unspecified atom stereocenters. The fourth-order valence-electron chi connectivity index (χ4n) is 1.32. The maximum Gasteiger partial charge on any atom is 0.175 e. The molecule has 1 rings (SSSR count). The number of hydrogen-bond acceptors (Lipinski definition) is 3. The zero-order chi connectivity index (χ0) is 12.7. The van der Waals surface area contributed by atoms with E-state index in [-0.39, 0.29) is 0 Å². The van der Waals surface area contributed by atoms with E-state index in [1.165, 1.54) is 0 Å². The van der Waals surface area contributed by atoms with Crippen LogP contribution in [-0.4, -0.2) is 13.7 Å². The number of ether oxygens (including phenoxy) is 2. The normalized spacial score (nSPS) is 9.76. The first-order chi connectivity index (χ1) is 8.22. The minimum Gasteiger partial charge on any atom is -0.493 e. The summed E-state index contributed by atoms with van der Waals surface area (Å²) in [5.41, 5.74) is 1.11. The van der Waals surface area contributed by atoms with Gasteiger partial charge in [0.2, 0.25) is 0 Å². The summed E-state index contributed by atoms with van der Waals surface area (Å²) in [4.78, 5) is 0. The molecule has 0 heterocycles. The lowest BCUT2D eigenvalue weighted by atomic mass is 10.2. The molecule has 0 radical (unpaired) electrons. The molecule has 0 bridgehead atoms. The van der Waals surface area contributed by atoms with Crippen LogP contribution in [0, 0.1) is 11.3 Å². The Bertz CT molecular complexity index is 416. The quantitative estimate of drug-likeness (QED) is 0.566. The van der Waals surface area contributed by atoms with Crippen LogP contribution in [0.4, 0.5) is 0 Å². The molecule has 0 aliphatic heterocycles. The van der Waals surface area contributed by atoms with Gasteiger partial charge in [0.25, 0.3) is 0 Å². The highest BCUT2D eigenvalue weighted by atomic mass is 79.9. The predicted molar refractivity (Wildman–Crippen MR) is 73.7 cm³/mol. The molecule has 0 atom stereocenters. The van der Waals surface area contributed by atoms with E-state index < -0.39 is 0 Å². The Morgan fingerprint density at radius 1 is 1.41 bits per heavy atom. The lowest BCUT2D eigenvalue weighted by molar-refractivity contribution is 0.289. The molecule has 5 heteroatoms. The molecule has 0 saturated heterocycles. The zero-order valence-electron chi connectivity index (χ0n) is 9.50. The Hall–Kier alpha value is -0.730. The highest BCUT2D eigenvalue weighted by Crippen LogP contribution is 2.37. The molecule has 1 aromatic rings. The number of unbranched alkanes of at least 4 members (excludes halogenated alkanes) is 1. The summed E-state index contributed by atoms with van der Waals surface area (Å²) < 4.78 is 11.8. The first-order valence-electron chi connectivity index (χ1n) is 5.15. The smallest absolute Gasteiger partial charge is 0.175 e. The van der Waals surface area contributed by atoms with Crippen molar-refractivity contribution in [2.75, 3.05) is 13.7 Å². The molecule has 0 N–H and O–H groups in total. The van der Waals surface area contributed by atoms with E-state index in [2.05, 4.69) is 37.9 Å². The number of rotatable bonds is 6. The molecule has 0 aliphatic rings. The Kier molecular flexibility index (Phi) is 6.38. The van der Waals surface area contributed by atoms with Crippen LogP contribution in [0.3, 0.4) is 0 Å². The summed E-state index contributed by atoms with van der Waals surface area (Å²) in [5.74, 6) is 1.39. The van der Waals surface area contributed by atoms with Crippen LogP contribution in [0.25, 0.3) is 0 Å². The van der Waals surface area contributed by atoms with Gasteiger partial charge in [0.1, 0.15) is 0 Å². The molecule has 0 amide bonds. The van der Waals surface area contributed by atoms with Crippen molar-refractivity contribution < 1.29 is 9.47 Å². The van der Waals surface area contributed by atoms with Crippen LogP contribution in [0.15, 0.2) is 16.6 Å². The van der Waals surface area contributed by atoms with Gasteiger partial charge in [-0.1, -0.05) is 15.9 Å². The predicted octanol–water partition coefficient (Wildman–Crippen LogP) is 4.04. The van der Waals surface area contributed by atoms with Crippen molar-refractivity contribution in [3.8, 4) is 17.6 Å². The average molecular weight is 363 g/mol. The molecule has 92 valence electrons. The van der Waals surface area contributed by atoms with E-state index in [0.29, 0.717) is 30.9 Å². The Morgan fingerprint density at radius 2 is 2.18 bits per heavy atom. The topological polar surface area (TPSA) is 42.2 Å². The molecule has 0 aromatic heterocycles. The van der Waals surface area contributed by atoms with E-state index in [1.807, 2.05) is 12.1 Å². The molecule has 1 aromatic carbocycles. The van der Waals surface area contributed by atoms with E-state index in [9.17, 15) is 0 Å². The van der Waals surface area contributed by atoms with Crippen LogP contribution in [0.2, 0.25) is 0 Å². The molecule has 0 spiro atoms. The molecular weight excluding hydrogens is 350 g/mol. The summed E-state index contributed by atoms with van der Waals surface area (Å²) in [7, 11) is 1.61. The Balaban J connectivity index is 2.79. The van der Waals surface area contributed by atoms with Gasteiger partial charge in [-0.05, 0) is 40.0 Å². The van der Waals surface area contributed by atoms with Crippen LogP contribution in [-0.2, 0) is 5.33 Å². The third-order valence-corrected chi connectivity index (χ3v) is 3.36. The standard InChI is InChI=1S/C12H13Br2NO2/c1-16-11-7-9(8-13)6-10(14)12(11)17-5-3-2-4-15/h6-7H,2-3,5,8H2,1H3. The monoisotopic (exact) mass is 361 g/mol. The maximum atomic E-state index is 8.44. The van der Waals surface area contributed by atoms with E-state index in [0.717, 1.165) is 15.4 Å². The van der Waals surface area contributed by atoms with Crippen molar-refractivity contribution in [2.45, 2.75) is 18.2 Å². The maximum absolute atomic E-state index is 8.44. The number of halogens is 2. The highest BCUT2D eigenvalue weighted by Gasteiger charge is 2.11. The van der Waals surface area contributed by atoms with Crippen molar-refractivity contribution in [1.82, 2.24) is 0 Å². The van der Waals surface area contributed by atoms with Crippen molar-refractivity contribution in [1.29, 1.82) is 5.26 Å². The van der Waals surface area contributed by atoms with Gasteiger partial charge in [0.15, 0.2) is 11.5 Å². The lowest BCUT2D eigenvalue weighted by Gasteiger charge is -2.13. The van der Waals surface area contributed by atoms with E-state index in [1.54, 1.807) is 7.11 Å². The fraction of sp³-hybridized carbons (Fsp3) is 0.417. The van der Waals surface area contributed by atoms with Gasteiger partial charge in [-0.2, -0.15) is 5.26 Å². The molecule has 17 heavy (non-hydrogen) atoms. The van der Waals surface area contributed by atoms with Gasteiger partial charge in [0, 0.05) is 11.8 Å². The molecular formula is C12H13Br2NO2. The molecule has 0 aliphatic carbocycles. The average Bonchev–Trinajstić information content (AvgIpc) is 2.35. The summed E-state index contributed by atoms with van der Waals surface area (Å²) in [6.45, 7) is 0.510. The van der Waals surface area contributed by atoms with Crippen molar-refractivity contribution in [3.63, 3.8) is 0 Å². The first-order valence-corrected chi connectivity index (χ1v) is 7.06. The second-order valence-electron chi connectivity index (χ2n) is 3.35. The van der Waals surface area contributed by atoms with Crippen LogP contribution in [0.5, 0.6) is 11.5 Å². The van der Waals surface area contributed by atoms with Gasteiger partial charge < -0.3 is 9.47 Å². The van der Waals surface area contributed by atoms with Gasteiger partial charge in [-0.3, -0.25) is 0 Å². The van der Waals surface area contributed by atoms with Gasteiger partial charge in [0.05, 0.1) is 24.3 Å². The van der Waals surface area contributed by atoms with E-state index >= 15 is 0 Å². The number of nitriles is 1. The number of benzene rings is 1. The number of methoxy groups -OCH3 is 1. The Labute approximate surface area is 118 Å². The minimum absolute atomic E-state index is 0.499. The van der Waals surface area contributed by atoms with Gasteiger partial charge >= 0.3 is 0 Å². The summed E-state index contributed by atoms with van der Waals surface area (Å²) in [6.07, 6.45) is 1.21. The fourth-order valence-corrected chi connectivity index (χ4v) is 2.24. The largest absolute Gasteiger partial charge is 0.493 e. The summed E-state index contributed by atoms with van der Waals surface area (Å²) in [5, 5.41) is 9.20. The zero-order valence-corrected chi connectivity index (χ0v) is 12.7. The van der Waals surface area contributed by atoms with Crippen LogP contribution >= 0.6 is 31.9 Å². The van der Waals surface area contributed by atoms with Crippen molar-refractivity contribution >= 4 is 31.9 Å². The number of nitrogens with zero attached hydrogens (tertiary/aromatic N) is 1. The SMILES string of the molecule is COc1cc(CBr)cc(Br)c1OCCCC#N. The van der Waals surface area contributed by atoms with Crippen LogP contribution < -0.4 is 9.47 Å². The molecule has 0 saturated carbocycles. The minimum atomic E-state index is 0.499. The second kappa shape index (κ2) is 7.57. The van der Waals surface area contributed by atoms with Crippen molar-refractivity contribution in [2.24, 2.45) is 0 Å². The van der Waals surface area contributed by atoms with E-state index in [4.69, 9.17) is 14.7 Å². The second-order valence-corrected chi connectivity index (χ2v) is 4.77. The molecule has 3 nitrogen and oxygen atoms in total. The number of alkyl halides is 1. The summed E-state index contributed by atoms with van der Waals surface area (Å²) >= 11 is 6.86. The summed E-state index contributed by atoms with van der Waals surface area (Å²) in [6, 6.07) is 6.00. The van der Waals surface area contributed by atoms with Gasteiger partial charge in [-0.15, -0.1) is 0 Å². The highest BCUT2D eigenvalue weighted by molar-refractivity contribution is 9.10. The van der Waals surface area contributed by atoms with Crippen molar-refractivity contribution in [3.05, 3.63) is 22.2 Å². The third kappa shape index (κ3) is 4.21.